The number of hydrogen-bond donors (Lipinski definition) is 3. The van der Waals surface area contributed by atoms with Crippen molar-refractivity contribution >= 4 is 0 Å². The van der Waals surface area contributed by atoms with E-state index >= 15 is 0 Å². The summed E-state index contributed by atoms with van der Waals surface area (Å²) in [5, 5.41) is 7.09. The molecule has 0 amide bonds. The van der Waals surface area contributed by atoms with Crippen molar-refractivity contribution in [2.24, 2.45) is 5.73 Å². The van der Waals surface area contributed by atoms with Crippen LogP contribution in [0.25, 0.3) is 11.4 Å². The normalized spacial score (nSPS) is 12.5. The lowest BCUT2D eigenvalue weighted by Gasteiger charge is -2.05. The Kier molecular flexibility index (Phi) is 3.07. The lowest BCUT2D eigenvalue weighted by Crippen LogP contribution is -2.15. The van der Waals surface area contributed by atoms with Gasteiger partial charge in [-0.3, -0.25) is 5.10 Å². The average molecular weight is 254 g/mol. The molecule has 1 atom stereocenters. The first-order chi connectivity index (χ1) is 9.33. The third-order valence-electron chi connectivity index (χ3n) is 2.88. The molecule has 0 aliphatic carbocycles. The number of imidazole rings is 1. The fraction of sp³-hybridized carbons (Fsp3) is 0.154. The summed E-state index contributed by atoms with van der Waals surface area (Å²) in [7, 11) is 0. The summed E-state index contributed by atoms with van der Waals surface area (Å²) in [6.07, 6.45) is 4.04. The van der Waals surface area contributed by atoms with Gasteiger partial charge < -0.3 is 10.7 Å². The van der Waals surface area contributed by atoms with Gasteiger partial charge in [0.05, 0.1) is 12.4 Å². The van der Waals surface area contributed by atoms with Crippen molar-refractivity contribution in [3.05, 3.63) is 54.4 Å². The van der Waals surface area contributed by atoms with E-state index < -0.39 is 0 Å². The number of benzene rings is 1. The topological polar surface area (TPSA) is 96.3 Å². The van der Waals surface area contributed by atoms with Gasteiger partial charge in [-0.05, 0) is 0 Å². The summed E-state index contributed by atoms with van der Waals surface area (Å²) < 4.78 is 0. The summed E-state index contributed by atoms with van der Waals surface area (Å²) >= 11 is 0. The van der Waals surface area contributed by atoms with Gasteiger partial charge in [-0.15, -0.1) is 0 Å². The number of nitrogens with two attached hydrogens (primary N) is 1. The van der Waals surface area contributed by atoms with E-state index in [1.54, 1.807) is 12.5 Å². The SMILES string of the molecule is N[C@@H](Cc1cnc[nH]1)c1nc(-c2ccccc2)n[nH]1. The van der Waals surface area contributed by atoms with Crippen molar-refractivity contribution < 1.29 is 0 Å². The fourth-order valence-corrected chi connectivity index (χ4v) is 1.89. The van der Waals surface area contributed by atoms with Gasteiger partial charge in [0.15, 0.2) is 5.82 Å². The summed E-state index contributed by atoms with van der Waals surface area (Å²) in [6, 6.07) is 9.57. The van der Waals surface area contributed by atoms with E-state index in [0.717, 1.165) is 11.3 Å². The number of aromatic amines is 2. The molecule has 0 unspecified atom stereocenters. The predicted octanol–water partition coefficient (Wildman–Crippen LogP) is 1.44. The standard InChI is InChI=1S/C13H14N6/c14-11(6-10-7-15-8-16-10)13-17-12(18-19-13)9-4-2-1-3-5-9/h1-5,7-8,11H,6,14H2,(H,15,16)(H,17,18,19)/t11-/m0/s1. The second-order valence-electron chi connectivity index (χ2n) is 4.30. The molecule has 0 saturated carbocycles. The molecule has 3 rings (SSSR count). The van der Waals surface area contributed by atoms with Crippen LogP contribution >= 0.6 is 0 Å². The molecule has 0 bridgehead atoms. The van der Waals surface area contributed by atoms with Crippen molar-refractivity contribution in [1.82, 2.24) is 25.1 Å². The van der Waals surface area contributed by atoms with Crippen molar-refractivity contribution in [2.45, 2.75) is 12.5 Å². The Bertz CT molecular complexity index is 628. The summed E-state index contributed by atoms with van der Waals surface area (Å²) in [6.45, 7) is 0. The molecule has 2 aromatic heterocycles. The maximum absolute atomic E-state index is 6.10. The molecular formula is C13H14N6. The Morgan fingerprint density at radius 3 is 2.79 bits per heavy atom. The van der Waals surface area contributed by atoms with Gasteiger partial charge in [-0.2, -0.15) is 5.10 Å². The minimum atomic E-state index is -0.231. The van der Waals surface area contributed by atoms with Crippen molar-refractivity contribution in [1.29, 1.82) is 0 Å². The molecule has 6 nitrogen and oxygen atoms in total. The lowest BCUT2D eigenvalue weighted by atomic mass is 10.1. The first-order valence-electron chi connectivity index (χ1n) is 6.03. The zero-order chi connectivity index (χ0) is 13.1. The van der Waals surface area contributed by atoms with E-state index in [9.17, 15) is 0 Å². The maximum atomic E-state index is 6.10. The maximum Gasteiger partial charge on any atom is 0.181 e. The van der Waals surface area contributed by atoms with Crippen LogP contribution in [0.15, 0.2) is 42.9 Å². The molecule has 3 aromatic rings. The Morgan fingerprint density at radius 1 is 1.21 bits per heavy atom. The van der Waals surface area contributed by atoms with Crippen LogP contribution in [-0.4, -0.2) is 25.1 Å². The highest BCUT2D eigenvalue weighted by atomic mass is 15.2. The third-order valence-corrected chi connectivity index (χ3v) is 2.88. The van der Waals surface area contributed by atoms with Crippen LogP contribution in [0.5, 0.6) is 0 Å². The van der Waals surface area contributed by atoms with E-state index in [1.165, 1.54) is 0 Å². The van der Waals surface area contributed by atoms with Gasteiger partial charge in [0, 0.05) is 23.9 Å². The van der Waals surface area contributed by atoms with Gasteiger partial charge >= 0.3 is 0 Å². The summed E-state index contributed by atoms with van der Waals surface area (Å²) in [5.74, 6) is 1.34. The van der Waals surface area contributed by atoms with E-state index in [1.807, 2.05) is 30.3 Å². The lowest BCUT2D eigenvalue weighted by molar-refractivity contribution is 0.662. The van der Waals surface area contributed by atoms with E-state index in [-0.39, 0.29) is 6.04 Å². The van der Waals surface area contributed by atoms with Crippen LogP contribution in [0.2, 0.25) is 0 Å². The van der Waals surface area contributed by atoms with Crippen molar-refractivity contribution in [3.8, 4) is 11.4 Å². The smallest absolute Gasteiger partial charge is 0.181 e. The molecule has 0 fully saturated rings. The van der Waals surface area contributed by atoms with Crippen molar-refractivity contribution in [2.75, 3.05) is 0 Å². The molecule has 2 heterocycles. The molecule has 0 aliphatic heterocycles. The molecule has 1 aromatic carbocycles. The molecular weight excluding hydrogens is 240 g/mol. The van der Waals surface area contributed by atoms with Gasteiger partial charge in [-0.1, -0.05) is 30.3 Å². The molecule has 4 N–H and O–H groups in total. The van der Waals surface area contributed by atoms with Gasteiger partial charge in [0.25, 0.3) is 0 Å². The number of hydrogen-bond acceptors (Lipinski definition) is 4. The fourth-order valence-electron chi connectivity index (χ4n) is 1.89. The minimum absolute atomic E-state index is 0.231. The number of nitrogens with zero attached hydrogens (tertiary/aromatic N) is 3. The van der Waals surface area contributed by atoms with Crippen molar-refractivity contribution in [3.63, 3.8) is 0 Å². The second-order valence-corrected chi connectivity index (χ2v) is 4.30. The Hall–Kier alpha value is -2.47. The molecule has 19 heavy (non-hydrogen) atoms. The monoisotopic (exact) mass is 254 g/mol. The Morgan fingerprint density at radius 2 is 2.05 bits per heavy atom. The molecule has 0 aliphatic rings. The first-order valence-corrected chi connectivity index (χ1v) is 6.03. The summed E-state index contributed by atoms with van der Waals surface area (Å²) in [4.78, 5) is 11.4. The van der Waals surface area contributed by atoms with Crippen LogP contribution in [0.3, 0.4) is 0 Å². The third kappa shape index (κ3) is 2.53. The number of H-pyrrole nitrogens is 2. The molecule has 0 radical (unpaired) electrons. The van der Waals surface area contributed by atoms with E-state index in [0.29, 0.717) is 18.1 Å². The largest absolute Gasteiger partial charge is 0.348 e. The Labute approximate surface area is 110 Å². The van der Waals surface area contributed by atoms with Crippen LogP contribution < -0.4 is 5.73 Å². The second kappa shape index (κ2) is 5.03. The average Bonchev–Trinajstić information content (AvgIpc) is 3.10. The van der Waals surface area contributed by atoms with Crippen LogP contribution in [0, 0.1) is 0 Å². The predicted molar refractivity (Wildman–Crippen MR) is 71.0 cm³/mol. The van der Waals surface area contributed by atoms with E-state index in [4.69, 9.17) is 5.73 Å². The molecule has 0 spiro atoms. The first kappa shape index (κ1) is 11.6. The van der Waals surface area contributed by atoms with Gasteiger partial charge in [-0.25, -0.2) is 9.97 Å². The zero-order valence-electron chi connectivity index (χ0n) is 10.2. The van der Waals surface area contributed by atoms with Gasteiger partial charge in [0.1, 0.15) is 5.82 Å². The highest BCUT2D eigenvalue weighted by Gasteiger charge is 2.13. The zero-order valence-corrected chi connectivity index (χ0v) is 10.2. The quantitative estimate of drug-likeness (QED) is 0.656. The Balaban J connectivity index is 1.78. The number of aromatic nitrogens is 5. The molecule has 96 valence electrons. The van der Waals surface area contributed by atoms with Crippen LogP contribution in [0.4, 0.5) is 0 Å². The minimum Gasteiger partial charge on any atom is -0.348 e. The highest BCUT2D eigenvalue weighted by molar-refractivity contribution is 5.53. The molecule has 0 saturated heterocycles. The molecule has 6 heteroatoms. The number of nitrogens with one attached hydrogen (secondary N) is 2. The highest BCUT2D eigenvalue weighted by Crippen LogP contribution is 2.16. The van der Waals surface area contributed by atoms with Crippen LogP contribution in [0.1, 0.15) is 17.6 Å². The van der Waals surface area contributed by atoms with Gasteiger partial charge in [0.2, 0.25) is 0 Å². The number of rotatable bonds is 4. The van der Waals surface area contributed by atoms with E-state index in [2.05, 4.69) is 25.1 Å². The summed E-state index contributed by atoms with van der Waals surface area (Å²) in [5.41, 5.74) is 8.04. The van der Waals surface area contributed by atoms with Crippen LogP contribution in [-0.2, 0) is 6.42 Å².